The summed E-state index contributed by atoms with van der Waals surface area (Å²) in [5, 5.41) is 9.50. The maximum absolute atomic E-state index is 9.50. The highest BCUT2D eigenvalue weighted by atomic mass is 16.5. The molecule has 0 unspecified atom stereocenters. The van der Waals surface area contributed by atoms with Crippen LogP contribution in [0.4, 0.5) is 0 Å². The zero-order chi connectivity index (χ0) is 13.0. The third kappa shape index (κ3) is 2.73. The van der Waals surface area contributed by atoms with Crippen LogP contribution in [0.25, 0.3) is 0 Å². The smallest absolute Gasteiger partial charge is 0.0866 e. The summed E-state index contributed by atoms with van der Waals surface area (Å²) >= 11 is 0. The fourth-order valence-electron chi connectivity index (χ4n) is 2.62. The SMILES string of the molecule is CC(C)Cc1ccc(C2(C#N)CCOCC2)cc1. The third-order valence-electron chi connectivity index (χ3n) is 3.71. The molecule has 0 radical (unpaired) electrons. The van der Waals surface area contributed by atoms with Crippen LogP contribution >= 0.6 is 0 Å². The van der Waals surface area contributed by atoms with E-state index in [-0.39, 0.29) is 5.41 Å². The van der Waals surface area contributed by atoms with Gasteiger partial charge < -0.3 is 4.74 Å². The predicted molar refractivity (Wildman–Crippen MR) is 72.3 cm³/mol. The molecule has 2 heteroatoms. The van der Waals surface area contributed by atoms with Gasteiger partial charge in [-0.2, -0.15) is 5.26 Å². The standard InChI is InChI=1S/C16H21NO/c1-13(2)11-14-3-5-15(6-4-14)16(12-17)7-9-18-10-8-16/h3-6,13H,7-11H2,1-2H3. The lowest BCUT2D eigenvalue weighted by atomic mass is 9.75. The van der Waals surface area contributed by atoms with Crippen molar-refractivity contribution in [2.75, 3.05) is 13.2 Å². The second-order valence-electron chi connectivity index (χ2n) is 5.60. The summed E-state index contributed by atoms with van der Waals surface area (Å²) in [5.41, 5.74) is 2.18. The van der Waals surface area contributed by atoms with Gasteiger partial charge in [-0.15, -0.1) is 0 Å². The van der Waals surface area contributed by atoms with E-state index in [1.54, 1.807) is 0 Å². The Kier molecular flexibility index (Phi) is 4.04. The Morgan fingerprint density at radius 1 is 1.22 bits per heavy atom. The monoisotopic (exact) mass is 243 g/mol. The van der Waals surface area contributed by atoms with Crippen LogP contribution < -0.4 is 0 Å². The first-order valence-corrected chi connectivity index (χ1v) is 6.75. The topological polar surface area (TPSA) is 33.0 Å². The average Bonchev–Trinajstić information content (AvgIpc) is 2.39. The molecule has 0 amide bonds. The van der Waals surface area contributed by atoms with Crippen LogP contribution in [-0.4, -0.2) is 13.2 Å². The quantitative estimate of drug-likeness (QED) is 0.814. The molecule has 0 N–H and O–H groups in total. The fraction of sp³-hybridized carbons (Fsp3) is 0.562. The van der Waals surface area contributed by atoms with Crippen LogP contribution in [-0.2, 0) is 16.6 Å². The molecule has 0 aliphatic carbocycles. The number of hydrogen-bond acceptors (Lipinski definition) is 2. The summed E-state index contributed by atoms with van der Waals surface area (Å²) in [4.78, 5) is 0. The molecule has 96 valence electrons. The van der Waals surface area contributed by atoms with Crippen LogP contribution in [0, 0.1) is 17.2 Å². The van der Waals surface area contributed by atoms with Gasteiger partial charge in [0.1, 0.15) is 0 Å². The summed E-state index contributed by atoms with van der Waals surface area (Å²) in [7, 11) is 0. The first-order valence-electron chi connectivity index (χ1n) is 6.75. The summed E-state index contributed by atoms with van der Waals surface area (Å²) in [6.45, 7) is 5.84. The fourth-order valence-corrected chi connectivity index (χ4v) is 2.62. The number of rotatable bonds is 3. The van der Waals surface area contributed by atoms with Gasteiger partial charge >= 0.3 is 0 Å². The molecule has 18 heavy (non-hydrogen) atoms. The minimum Gasteiger partial charge on any atom is -0.381 e. The Morgan fingerprint density at radius 2 is 1.83 bits per heavy atom. The Bertz CT molecular complexity index is 421. The number of nitriles is 1. The molecule has 2 rings (SSSR count). The second kappa shape index (κ2) is 5.54. The minimum atomic E-state index is -0.325. The molecule has 2 nitrogen and oxygen atoms in total. The molecule has 0 bridgehead atoms. The average molecular weight is 243 g/mol. The molecule has 1 fully saturated rings. The molecular weight excluding hydrogens is 222 g/mol. The van der Waals surface area contributed by atoms with Crippen LogP contribution in [0.3, 0.4) is 0 Å². The summed E-state index contributed by atoms with van der Waals surface area (Å²) in [6.07, 6.45) is 2.73. The van der Waals surface area contributed by atoms with Gasteiger partial charge in [-0.3, -0.25) is 0 Å². The highest BCUT2D eigenvalue weighted by molar-refractivity contribution is 5.35. The maximum Gasteiger partial charge on any atom is 0.0866 e. The van der Waals surface area contributed by atoms with Crippen LogP contribution in [0.15, 0.2) is 24.3 Å². The highest BCUT2D eigenvalue weighted by Gasteiger charge is 2.34. The summed E-state index contributed by atoms with van der Waals surface area (Å²) in [6, 6.07) is 11.1. The lowest BCUT2D eigenvalue weighted by Crippen LogP contribution is -2.32. The van der Waals surface area contributed by atoms with E-state index in [0.29, 0.717) is 19.1 Å². The summed E-state index contributed by atoms with van der Waals surface area (Å²) in [5.74, 6) is 0.670. The van der Waals surface area contributed by atoms with Crippen molar-refractivity contribution in [1.82, 2.24) is 0 Å². The largest absolute Gasteiger partial charge is 0.381 e. The van der Waals surface area contributed by atoms with E-state index in [4.69, 9.17) is 4.74 Å². The number of nitrogens with zero attached hydrogens (tertiary/aromatic N) is 1. The van der Waals surface area contributed by atoms with Crippen LogP contribution in [0.1, 0.15) is 37.8 Å². The molecule has 1 aliphatic rings. The molecule has 1 heterocycles. The molecular formula is C16H21NO. The maximum atomic E-state index is 9.50. The van der Waals surface area contributed by atoms with Gasteiger partial charge in [-0.1, -0.05) is 38.1 Å². The van der Waals surface area contributed by atoms with E-state index in [0.717, 1.165) is 24.8 Å². The first-order chi connectivity index (χ1) is 8.66. The van der Waals surface area contributed by atoms with E-state index in [1.165, 1.54) is 5.56 Å². The van der Waals surface area contributed by atoms with E-state index in [2.05, 4.69) is 44.2 Å². The Balaban J connectivity index is 2.19. The molecule has 0 atom stereocenters. The first kappa shape index (κ1) is 13.1. The number of benzene rings is 1. The van der Waals surface area contributed by atoms with Gasteiger partial charge in [0.15, 0.2) is 0 Å². The Labute approximate surface area is 110 Å². The zero-order valence-electron chi connectivity index (χ0n) is 11.3. The molecule has 0 saturated carbocycles. The van der Waals surface area contributed by atoms with Crippen molar-refractivity contribution in [2.24, 2.45) is 5.92 Å². The van der Waals surface area contributed by atoms with Gasteiger partial charge in [0.05, 0.1) is 11.5 Å². The van der Waals surface area contributed by atoms with Gasteiger partial charge in [0.25, 0.3) is 0 Å². The number of hydrogen-bond donors (Lipinski definition) is 0. The van der Waals surface area contributed by atoms with Crippen molar-refractivity contribution >= 4 is 0 Å². The molecule has 1 saturated heterocycles. The molecule has 0 aromatic heterocycles. The van der Waals surface area contributed by atoms with Crippen molar-refractivity contribution in [3.8, 4) is 6.07 Å². The lowest BCUT2D eigenvalue weighted by Gasteiger charge is -2.31. The molecule has 1 aromatic carbocycles. The second-order valence-corrected chi connectivity index (χ2v) is 5.60. The van der Waals surface area contributed by atoms with Crippen molar-refractivity contribution in [2.45, 2.75) is 38.5 Å². The Morgan fingerprint density at radius 3 is 2.33 bits per heavy atom. The van der Waals surface area contributed by atoms with Crippen molar-refractivity contribution in [3.05, 3.63) is 35.4 Å². The number of ether oxygens (including phenoxy) is 1. The van der Waals surface area contributed by atoms with E-state index in [1.807, 2.05) is 0 Å². The third-order valence-corrected chi connectivity index (χ3v) is 3.71. The predicted octanol–water partition coefficient (Wildman–Crippen LogP) is 3.46. The molecule has 1 aromatic rings. The molecule has 0 spiro atoms. The van der Waals surface area contributed by atoms with Gasteiger partial charge in [0.2, 0.25) is 0 Å². The van der Waals surface area contributed by atoms with Crippen LogP contribution in [0.2, 0.25) is 0 Å². The normalized spacial score (nSPS) is 18.6. The van der Waals surface area contributed by atoms with Gasteiger partial charge in [-0.05, 0) is 36.3 Å². The zero-order valence-corrected chi connectivity index (χ0v) is 11.3. The van der Waals surface area contributed by atoms with Crippen molar-refractivity contribution < 1.29 is 4.74 Å². The minimum absolute atomic E-state index is 0.325. The highest BCUT2D eigenvalue weighted by Crippen LogP contribution is 2.34. The van der Waals surface area contributed by atoms with Gasteiger partial charge in [0, 0.05) is 13.2 Å². The van der Waals surface area contributed by atoms with Crippen LogP contribution in [0.5, 0.6) is 0 Å². The van der Waals surface area contributed by atoms with Crippen molar-refractivity contribution in [1.29, 1.82) is 5.26 Å². The lowest BCUT2D eigenvalue weighted by molar-refractivity contribution is 0.0675. The van der Waals surface area contributed by atoms with E-state index < -0.39 is 0 Å². The van der Waals surface area contributed by atoms with E-state index in [9.17, 15) is 5.26 Å². The Hall–Kier alpha value is -1.33. The van der Waals surface area contributed by atoms with Crippen molar-refractivity contribution in [3.63, 3.8) is 0 Å². The van der Waals surface area contributed by atoms with E-state index >= 15 is 0 Å². The molecule has 1 aliphatic heterocycles. The van der Waals surface area contributed by atoms with Gasteiger partial charge in [-0.25, -0.2) is 0 Å². The summed E-state index contributed by atoms with van der Waals surface area (Å²) < 4.78 is 5.37.